The molecule has 3 unspecified atom stereocenters. The average Bonchev–Trinajstić information content (AvgIpc) is 3.30. The van der Waals surface area contributed by atoms with Crippen molar-refractivity contribution in [2.24, 2.45) is 0 Å². The van der Waals surface area contributed by atoms with E-state index in [-0.39, 0.29) is 17.3 Å². The monoisotopic (exact) mass is 344 g/mol. The van der Waals surface area contributed by atoms with Gasteiger partial charge in [-0.2, -0.15) is 0 Å². The lowest BCUT2D eigenvalue weighted by atomic mass is 10.0. The van der Waals surface area contributed by atoms with Gasteiger partial charge in [0.1, 0.15) is 12.4 Å². The average molecular weight is 344 g/mol. The summed E-state index contributed by atoms with van der Waals surface area (Å²) in [5.41, 5.74) is 1.20. The van der Waals surface area contributed by atoms with Gasteiger partial charge in [0.25, 0.3) is 0 Å². The number of nitrogens with zero attached hydrogens (tertiary/aromatic N) is 3. The molecule has 0 bridgehead atoms. The molecule has 1 N–H and O–H groups in total. The number of hydrogen-bond donors (Lipinski definition) is 1. The van der Waals surface area contributed by atoms with Crippen LogP contribution in [0, 0.1) is 0 Å². The van der Waals surface area contributed by atoms with Crippen LogP contribution in [0.2, 0.25) is 0 Å². The molecule has 0 spiro atoms. The molecule has 2 fully saturated rings. The van der Waals surface area contributed by atoms with Crippen LogP contribution in [0.5, 0.6) is 0 Å². The molecule has 4 rings (SSSR count). The number of fused-ring (bicyclic) bond motifs is 1. The predicted molar refractivity (Wildman–Crippen MR) is 88.4 cm³/mol. The van der Waals surface area contributed by atoms with Crippen molar-refractivity contribution >= 4 is 23.9 Å². The van der Waals surface area contributed by atoms with Crippen molar-refractivity contribution in [1.82, 2.24) is 19.8 Å². The summed E-state index contributed by atoms with van der Waals surface area (Å²) in [6.45, 7) is 0. The number of rotatable bonds is 3. The van der Waals surface area contributed by atoms with Gasteiger partial charge in [-0.1, -0.05) is 30.3 Å². The molecule has 0 saturated carbocycles. The Hall–Kier alpha value is -2.48. The van der Waals surface area contributed by atoms with Gasteiger partial charge in [-0.15, -0.1) is 11.8 Å². The number of carbonyl (C=O) groups excluding carboxylic acids is 2. The van der Waals surface area contributed by atoms with Gasteiger partial charge >= 0.3 is 12.1 Å². The fourth-order valence-corrected chi connectivity index (χ4v) is 4.50. The van der Waals surface area contributed by atoms with E-state index in [4.69, 9.17) is 4.74 Å². The Bertz CT molecular complexity index is 737. The molecule has 7 nitrogen and oxygen atoms in total. The number of urea groups is 1. The van der Waals surface area contributed by atoms with Crippen molar-refractivity contribution < 1.29 is 14.3 Å². The maximum absolute atomic E-state index is 12.1. The first-order chi connectivity index (χ1) is 11.7. The zero-order valence-electron chi connectivity index (χ0n) is 12.7. The van der Waals surface area contributed by atoms with Crippen LogP contribution in [-0.4, -0.2) is 50.0 Å². The zero-order valence-corrected chi connectivity index (χ0v) is 13.6. The minimum atomic E-state index is -0.656. The molecule has 124 valence electrons. The van der Waals surface area contributed by atoms with E-state index in [1.807, 2.05) is 18.2 Å². The second kappa shape index (κ2) is 6.20. The summed E-state index contributed by atoms with van der Waals surface area (Å²) in [6, 6.07) is 9.76. The first kappa shape index (κ1) is 15.1. The number of carbonyl (C=O) groups is 2. The van der Waals surface area contributed by atoms with Crippen LogP contribution in [0.3, 0.4) is 0 Å². The Kier molecular flexibility index (Phi) is 3.89. The zero-order chi connectivity index (χ0) is 16.5. The quantitative estimate of drug-likeness (QED) is 0.920. The van der Waals surface area contributed by atoms with E-state index < -0.39 is 12.3 Å². The Morgan fingerprint density at radius 2 is 2.21 bits per heavy atom. The van der Waals surface area contributed by atoms with Crippen LogP contribution in [0.25, 0.3) is 0 Å². The first-order valence-electron chi connectivity index (χ1n) is 7.64. The highest BCUT2D eigenvalue weighted by atomic mass is 32.2. The summed E-state index contributed by atoms with van der Waals surface area (Å²) < 4.78 is 6.76. The number of aromatic nitrogens is 2. The Morgan fingerprint density at radius 1 is 1.38 bits per heavy atom. The molecule has 2 aliphatic heterocycles. The molecule has 2 amide bonds. The maximum Gasteiger partial charge on any atom is 0.421 e. The molecule has 1 aromatic heterocycles. The molecule has 3 heterocycles. The normalized spacial score (nSPS) is 25.4. The fraction of sp³-hybridized carbons (Fsp3) is 0.312. The van der Waals surface area contributed by atoms with Crippen molar-refractivity contribution in [2.45, 2.75) is 23.9 Å². The summed E-state index contributed by atoms with van der Waals surface area (Å²) in [6.07, 6.45) is 4.01. The smallest absolute Gasteiger partial charge is 0.421 e. The number of thioether (sulfide) groups is 1. The Balaban J connectivity index is 1.50. The van der Waals surface area contributed by atoms with Gasteiger partial charge in [0, 0.05) is 17.6 Å². The second-order valence-electron chi connectivity index (χ2n) is 5.71. The van der Waals surface area contributed by atoms with E-state index in [0.29, 0.717) is 5.88 Å². The summed E-state index contributed by atoms with van der Waals surface area (Å²) >= 11 is 1.72. The Morgan fingerprint density at radius 3 is 2.96 bits per heavy atom. The highest BCUT2D eigenvalue weighted by Gasteiger charge is 2.50. The lowest BCUT2D eigenvalue weighted by molar-refractivity contribution is 0.0688. The molecule has 0 radical (unpaired) electrons. The summed E-state index contributed by atoms with van der Waals surface area (Å²) in [7, 11) is 0. The molecule has 3 atom stereocenters. The molecule has 1 aromatic carbocycles. The number of imidazole rings is 1. The fourth-order valence-electron chi connectivity index (χ4n) is 3.07. The highest BCUT2D eigenvalue weighted by Crippen LogP contribution is 2.36. The largest absolute Gasteiger partial charge is 0.423 e. The third-order valence-corrected chi connectivity index (χ3v) is 5.53. The van der Waals surface area contributed by atoms with Gasteiger partial charge in [0.15, 0.2) is 6.23 Å². The Labute approximate surface area is 143 Å². The van der Waals surface area contributed by atoms with Gasteiger partial charge < -0.3 is 15.0 Å². The van der Waals surface area contributed by atoms with E-state index in [2.05, 4.69) is 22.4 Å². The SMILES string of the molecule is O=C1NC(OC(=O)n2ccnc2)C2C(Cc3ccccc3)SCN12. The number of ether oxygens (including phenoxy) is 1. The summed E-state index contributed by atoms with van der Waals surface area (Å²) in [5, 5.41) is 2.93. The molecule has 2 saturated heterocycles. The summed E-state index contributed by atoms with van der Waals surface area (Å²) in [5.74, 6) is 0.604. The topological polar surface area (TPSA) is 76.5 Å². The lowest BCUT2D eigenvalue weighted by Gasteiger charge is -2.23. The predicted octanol–water partition coefficient (Wildman–Crippen LogP) is 1.90. The van der Waals surface area contributed by atoms with Crippen molar-refractivity contribution in [3.8, 4) is 0 Å². The number of benzene rings is 1. The van der Waals surface area contributed by atoms with Crippen molar-refractivity contribution in [3.05, 3.63) is 54.6 Å². The van der Waals surface area contributed by atoms with Crippen LogP contribution in [0.1, 0.15) is 5.56 Å². The van der Waals surface area contributed by atoms with Gasteiger partial charge in [0.05, 0.1) is 5.88 Å². The highest BCUT2D eigenvalue weighted by molar-refractivity contribution is 8.00. The van der Waals surface area contributed by atoms with Gasteiger partial charge in [-0.25, -0.2) is 19.1 Å². The number of nitrogens with one attached hydrogen (secondary N) is 1. The van der Waals surface area contributed by atoms with E-state index in [9.17, 15) is 9.59 Å². The van der Waals surface area contributed by atoms with Crippen LogP contribution in [-0.2, 0) is 11.2 Å². The van der Waals surface area contributed by atoms with E-state index in [0.717, 1.165) is 6.42 Å². The van der Waals surface area contributed by atoms with E-state index in [1.165, 1.54) is 28.9 Å². The minimum absolute atomic E-state index is 0.171. The maximum atomic E-state index is 12.1. The van der Waals surface area contributed by atoms with Crippen molar-refractivity contribution in [1.29, 1.82) is 0 Å². The molecule has 0 aliphatic carbocycles. The molecule has 8 heteroatoms. The number of amides is 2. The lowest BCUT2D eigenvalue weighted by Crippen LogP contribution is -2.43. The molecular weight excluding hydrogens is 328 g/mol. The van der Waals surface area contributed by atoms with Crippen LogP contribution in [0.15, 0.2) is 49.1 Å². The molecule has 2 aromatic rings. The van der Waals surface area contributed by atoms with Gasteiger partial charge in [-0.05, 0) is 12.0 Å². The van der Waals surface area contributed by atoms with Crippen molar-refractivity contribution in [3.63, 3.8) is 0 Å². The van der Waals surface area contributed by atoms with Crippen LogP contribution >= 0.6 is 11.8 Å². The first-order valence-corrected chi connectivity index (χ1v) is 8.69. The number of hydrogen-bond acceptors (Lipinski definition) is 5. The molecule has 2 aliphatic rings. The van der Waals surface area contributed by atoms with E-state index in [1.54, 1.807) is 16.7 Å². The van der Waals surface area contributed by atoms with Crippen molar-refractivity contribution in [2.75, 3.05) is 5.88 Å². The van der Waals surface area contributed by atoms with Crippen LogP contribution < -0.4 is 5.32 Å². The van der Waals surface area contributed by atoms with E-state index >= 15 is 0 Å². The second-order valence-corrected chi connectivity index (χ2v) is 6.91. The minimum Gasteiger partial charge on any atom is -0.423 e. The third kappa shape index (κ3) is 2.73. The third-order valence-electron chi connectivity index (χ3n) is 4.23. The molecule has 24 heavy (non-hydrogen) atoms. The van der Waals surface area contributed by atoms with Gasteiger partial charge in [0.2, 0.25) is 0 Å². The van der Waals surface area contributed by atoms with Crippen LogP contribution in [0.4, 0.5) is 9.59 Å². The molecular formula is C16H16N4O3S. The van der Waals surface area contributed by atoms with Gasteiger partial charge in [-0.3, -0.25) is 0 Å². The standard InChI is InChI=1S/C16H16N4O3S/c21-15-18-14(23-16(22)19-7-6-17-9-19)13-12(24-10-20(13)15)8-11-4-2-1-3-5-11/h1-7,9,12-14H,8,10H2,(H,18,21). The summed E-state index contributed by atoms with van der Waals surface area (Å²) in [4.78, 5) is 29.8.